The van der Waals surface area contributed by atoms with Crippen LogP contribution in [0.1, 0.15) is 16.7 Å². The van der Waals surface area contributed by atoms with Crippen molar-refractivity contribution in [1.29, 1.82) is 0 Å². The molecule has 0 saturated heterocycles. The summed E-state index contributed by atoms with van der Waals surface area (Å²) in [7, 11) is 1.58. The van der Waals surface area contributed by atoms with Crippen LogP contribution >= 0.6 is 0 Å². The van der Waals surface area contributed by atoms with Crippen molar-refractivity contribution in [1.82, 2.24) is 0 Å². The number of carbonyl (C=O) groups is 1. The first-order valence-corrected chi connectivity index (χ1v) is 7.14. The zero-order valence-electron chi connectivity index (χ0n) is 13.4. The molecule has 1 N–H and O–H groups in total. The van der Waals surface area contributed by atoms with Gasteiger partial charge in [0.05, 0.1) is 12.8 Å². The van der Waals surface area contributed by atoms with Gasteiger partial charge >= 0.3 is 0 Å². The van der Waals surface area contributed by atoms with Crippen molar-refractivity contribution in [3.05, 3.63) is 53.1 Å². The molecule has 4 heteroatoms. The molecule has 0 aliphatic heterocycles. The van der Waals surface area contributed by atoms with E-state index in [-0.39, 0.29) is 12.5 Å². The third kappa shape index (κ3) is 4.01. The van der Waals surface area contributed by atoms with Crippen molar-refractivity contribution in [2.75, 3.05) is 19.0 Å². The number of amides is 1. The van der Waals surface area contributed by atoms with Gasteiger partial charge in [0.2, 0.25) is 0 Å². The van der Waals surface area contributed by atoms with Gasteiger partial charge in [-0.3, -0.25) is 4.79 Å². The lowest BCUT2D eigenvalue weighted by molar-refractivity contribution is -0.118. The summed E-state index contributed by atoms with van der Waals surface area (Å²) in [4.78, 5) is 12.0. The fourth-order valence-corrected chi connectivity index (χ4v) is 2.06. The van der Waals surface area contributed by atoms with Gasteiger partial charge in [-0.15, -0.1) is 0 Å². The smallest absolute Gasteiger partial charge is 0.262 e. The van der Waals surface area contributed by atoms with Crippen molar-refractivity contribution in [3.8, 4) is 11.5 Å². The van der Waals surface area contributed by atoms with Gasteiger partial charge in [0, 0.05) is 0 Å². The molecule has 4 nitrogen and oxygen atoms in total. The molecule has 0 aliphatic rings. The van der Waals surface area contributed by atoms with Gasteiger partial charge in [-0.25, -0.2) is 0 Å². The van der Waals surface area contributed by atoms with Crippen LogP contribution in [0.5, 0.6) is 11.5 Å². The van der Waals surface area contributed by atoms with E-state index < -0.39 is 0 Å². The van der Waals surface area contributed by atoms with Gasteiger partial charge in [0.1, 0.15) is 11.5 Å². The topological polar surface area (TPSA) is 47.6 Å². The number of methoxy groups -OCH3 is 1. The minimum atomic E-state index is -0.220. The molecular weight excluding hydrogens is 278 g/mol. The summed E-state index contributed by atoms with van der Waals surface area (Å²) in [6.45, 7) is 5.97. The Labute approximate surface area is 131 Å². The highest BCUT2D eigenvalue weighted by molar-refractivity contribution is 5.93. The van der Waals surface area contributed by atoms with Crippen LogP contribution in [0.15, 0.2) is 36.4 Å². The maximum absolute atomic E-state index is 12.0. The van der Waals surface area contributed by atoms with E-state index in [0.29, 0.717) is 17.2 Å². The van der Waals surface area contributed by atoms with Crippen LogP contribution in [-0.4, -0.2) is 19.6 Å². The molecule has 116 valence electrons. The second-order valence-corrected chi connectivity index (χ2v) is 5.29. The molecule has 0 radical (unpaired) electrons. The molecule has 0 bridgehead atoms. The Hall–Kier alpha value is -2.49. The van der Waals surface area contributed by atoms with E-state index in [9.17, 15) is 4.79 Å². The number of hydrogen-bond donors (Lipinski definition) is 1. The molecule has 2 rings (SSSR count). The van der Waals surface area contributed by atoms with Crippen LogP contribution < -0.4 is 14.8 Å². The number of rotatable bonds is 5. The second kappa shape index (κ2) is 6.98. The van der Waals surface area contributed by atoms with Gasteiger partial charge in [0.25, 0.3) is 5.91 Å². The number of nitrogens with one attached hydrogen (secondary N) is 1. The van der Waals surface area contributed by atoms with Crippen LogP contribution in [-0.2, 0) is 4.79 Å². The Morgan fingerprint density at radius 2 is 1.82 bits per heavy atom. The molecule has 0 spiro atoms. The molecule has 2 aromatic rings. The predicted octanol–water partition coefficient (Wildman–Crippen LogP) is 3.64. The molecule has 0 unspecified atom stereocenters. The monoisotopic (exact) mass is 299 g/mol. The Morgan fingerprint density at radius 3 is 2.50 bits per heavy atom. The first-order chi connectivity index (χ1) is 10.5. The van der Waals surface area contributed by atoms with Crippen molar-refractivity contribution < 1.29 is 14.3 Å². The van der Waals surface area contributed by atoms with E-state index in [2.05, 4.69) is 5.32 Å². The highest BCUT2D eigenvalue weighted by Crippen LogP contribution is 2.25. The summed E-state index contributed by atoms with van der Waals surface area (Å²) >= 11 is 0. The van der Waals surface area contributed by atoms with Crippen molar-refractivity contribution >= 4 is 11.6 Å². The molecule has 0 aliphatic carbocycles. The number of carbonyl (C=O) groups excluding carboxylic acids is 1. The van der Waals surface area contributed by atoms with E-state index in [4.69, 9.17) is 9.47 Å². The van der Waals surface area contributed by atoms with Crippen LogP contribution in [0, 0.1) is 20.8 Å². The Kier molecular flexibility index (Phi) is 5.04. The fourth-order valence-electron chi connectivity index (χ4n) is 2.06. The van der Waals surface area contributed by atoms with Gasteiger partial charge in [-0.2, -0.15) is 0 Å². The maximum atomic E-state index is 12.0. The summed E-state index contributed by atoms with van der Waals surface area (Å²) in [5.41, 5.74) is 4.03. The standard InChI is InChI=1S/C18H21NO3/c1-12-5-8-17(21-4)16(9-12)19-18(20)11-22-15-7-6-13(2)14(3)10-15/h5-10H,11H2,1-4H3,(H,19,20). The van der Waals surface area contributed by atoms with Crippen LogP contribution in [0.25, 0.3) is 0 Å². The van der Waals surface area contributed by atoms with Gasteiger partial charge in [-0.05, 0) is 61.7 Å². The molecule has 0 aromatic heterocycles. The maximum Gasteiger partial charge on any atom is 0.262 e. The average Bonchev–Trinajstić information content (AvgIpc) is 2.49. The summed E-state index contributed by atoms with van der Waals surface area (Å²) < 4.78 is 10.8. The van der Waals surface area contributed by atoms with Crippen molar-refractivity contribution in [2.24, 2.45) is 0 Å². The molecule has 0 saturated carbocycles. The van der Waals surface area contributed by atoms with E-state index in [1.54, 1.807) is 7.11 Å². The minimum absolute atomic E-state index is 0.0421. The highest BCUT2D eigenvalue weighted by atomic mass is 16.5. The Morgan fingerprint density at radius 1 is 1.05 bits per heavy atom. The molecule has 0 heterocycles. The highest BCUT2D eigenvalue weighted by Gasteiger charge is 2.09. The van der Waals surface area contributed by atoms with Crippen LogP contribution in [0.4, 0.5) is 5.69 Å². The lowest BCUT2D eigenvalue weighted by atomic mass is 10.1. The fraction of sp³-hybridized carbons (Fsp3) is 0.278. The molecular formula is C18H21NO3. The number of anilines is 1. The SMILES string of the molecule is COc1ccc(C)cc1NC(=O)COc1ccc(C)c(C)c1. The molecule has 2 aromatic carbocycles. The largest absolute Gasteiger partial charge is 0.495 e. The van der Waals surface area contributed by atoms with E-state index in [1.165, 1.54) is 5.56 Å². The normalized spacial score (nSPS) is 10.2. The van der Waals surface area contributed by atoms with Gasteiger partial charge < -0.3 is 14.8 Å². The van der Waals surface area contributed by atoms with Crippen molar-refractivity contribution in [3.63, 3.8) is 0 Å². The zero-order valence-corrected chi connectivity index (χ0v) is 13.4. The third-order valence-corrected chi connectivity index (χ3v) is 3.48. The predicted molar refractivity (Wildman–Crippen MR) is 87.8 cm³/mol. The number of hydrogen-bond acceptors (Lipinski definition) is 3. The summed E-state index contributed by atoms with van der Waals surface area (Å²) in [6, 6.07) is 11.4. The first kappa shape index (κ1) is 15.9. The average molecular weight is 299 g/mol. The van der Waals surface area contributed by atoms with E-state index in [0.717, 1.165) is 11.1 Å². The molecule has 22 heavy (non-hydrogen) atoms. The Balaban J connectivity index is 1.98. The summed E-state index contributed by atoms with van der Waals surface area (Å²) in [5, 5.41) is 2.81. The number of aryl methyl sites for hydroxylation is 3. The zero-order chi connectivity index (χ0) is 16.1. The van der Waals surface area contributed by atoms with Crippen molar-refractivity contribution in [2.45, 2.75) is 20.8 Å². The lowest BCUT2D eigenvalue weighted by Gasteiger charge is -2.12. The van der Waals surface area contributed by atoms with E-state index in [1.807, 2.05) is 57.2 Å². The number of ether oxygens (including phenoxy) is 2. The lowest BCUT2D eigenvalue weighted by Crippen LogP contribution is -2.20. The summed E-state index contributed by atoms with van der Waals surface area (Å²) in [6.07, 6.45) is 0. The Bertz CT molecular complexity index is 680. The quantitative estimate of drug-likeness (QED) is 0.917. The van der Waals surface area contributed by atoms with Crippen LogP contribution in [0.3, 0.4) is 0 Å². The van der Waals surface area contributed by atoms with Gasteiger partial charge in [0.15, 0.2) is 6.61 Å². The first-order valence-electron chi connectivity index (χ1n) is 7.14. The second-order valence-electron chi connectivity index (χ2n) is 5.29. The molecule has 1 amide bonds. The van der Waals surface area contributed by atoms with Crippen LogP contribution in [0.2, 0.25) is 0 Å². The minimum Gasteiger partial charge on any atom is -0.495 e. The summed E-state index contributed by atoms with van der Waals surface area (Å²) in [5.74, 6) is 1.10. The third-order valence-electron chi connectivity index (χ3n) is 3.48. The van der Waals surface area contributed by atoms with Gasteiger partial charge in [-0.1, -0.05) is 12.1 Å². The number of benzene rings is 2. The molecule has 0 atom stereocenters. The molecule has 0 fully saturated rings. The van der Waals surface area contributed by atoms with E-state index >= 15 is 0 Å².